The molecule has 1 N–H and O–H groups in total. The number of halogens is 2. The third-order valence-electron chi connectivity index (χ3n) is 3.00. The fraction of sp³-hybridized carbons (Fsp3) is 0.0667. The molecule has 0 spiro atoms. The van der Waals surface area contributed by atoms with E-state index in [1.807, 2.05) is 42.5 Å². The second-order valence-electron chi connectivity index (χ2n) is 4.47. The molecule has 3 aromatic rings. The van der Waals surface area contributed by atoms with Crippen molar-refractivity contribution in [3.63, 3.8) is 0 Å². The lowest BCUT2D eigenvalue weighted by Crippen LogP contribution is -2.01. The van der Waals surface area contributed by atoms with Gasteiger partial charge < -0.3 is 5.32 Å². The summed E-state index contributed by atoms with van der Waals surface area (Å²) < 4.78 is 0.906. The average molecular weight is 364 g/mol. The molecule has 1 heterocycles. The SMILES string of the molecule is Clc1ccc(CNc2ccc(-n3nccn3)cc2)cc1Br. The Labute approximate surface area is 135 Å². The molecule has 3 rings (SSSR count). The molecule has 0 bridgehead atoms. The summed E-state index contributed by atoms with van der Waals surface area (Å²) >= 11 is 9.41. The Morgan fingerprint density at radius 3 is 2.43 bits per heavy atom. The third-order valence-corrected chi connectivity index (χ3v) is 4.21. The van der Waals surface area contributed by atoms with E-state index in [0.29, 0.717) is 0 Å². The third kappa shape index (κ3) is 3.43. The summed E-state index contributed by atoms with van der Waals surface area (Å²) in [6.07, 6.45) is 3.31. The van der Waals surface area contributed by atoms with Crippen LogP contribution in [0, 0.1) is 0 Å². The van der Waals surface area contributed by atoms with Crippen LogP contribution in [-0.4, -0.2) is 15.0 Å². The van der Waals surface area contributed by atoms with Gasteiger partial charge in [0.2, 0.25) is 0 Å². The van der Waals surface area contributed by atoms with Crippen molar-refractivity contribution in [2.24, 2.45) is 0 Å². The van der Waals surface area contributed by atoms with Crippen molar-refractivity contribution >= 4 is 33.2 Å². The Hall–Kier alpha value is -1.85. The van der Waals surface area contributed by atoms with E-state index in [4.69, 9.17) is 11.6 Å². The first-order valence-corrected chi connectivity index (χ1v) is 7.54. The molecule has 21 heavy (non-hydrogen) atoms. The van der Waals surface area contributed by atoms with E-state index >= 15 is 0 Å². The lowest BCUT2D eigenvalue weighted by molar-refractivity contribution is 0.752. The van der Waals surface area contributed by atoms with Gasteiger partial charge in [-0.05, 0) is 57.9 Å². The molecule has 0 unspecified atom stereocenters. The summed E-state index contributed by atoms with van der Waals surface area (Å²) in [5.74, 6) is 0. The topological polar surface area (TPSA) is 42.7 Å². The van der Waals surface area contributed by atoms with E-state index in [1.165, 1.54) is 0 Å². The van der Waals surface area contributed by atoms with Crippen LogP contribution in [0.3, 0.4) is 0 Å². The Morgan fingerprint density at radius 1 is 1.05 bits per heavy atom. The zero-order valence-corrected chi connectivity index (χ0v) is 13.3. The molecule has 0 aliphatic heterocycles. The number of benzene rings is 2. The molecule has 1 aromatic heterocycles. The van der Waals surface area contributed by atoms with Crippen LogP contribution < -0.4 is 5.32 Å². The second-order valence-corrected chi connectivity index (χ2v) is 5.73. The van der Waals surface area contributed by atoms with Crippen LogP contribution in [0.1, 0.15) is 5.56 Å². The number of nitrogens with zero attached hydrogens (tertiary/aromatic N) is 3. The van der Waals surface area contributed by atoms with Crippen LogP contribution >= 0.6 is 27.5 Å². The number of hydrogen-bond acceptors (Lipinski definition) is 3. The Morgan fingerprint density at radius 2 is 1.76 bits per heavy atom. The van der Waals surface area contributed by atoms with Gasteiger partial charge in [0.25, 0.3) is 0 Å². The van der Waals surface area contributed by atoms with Crippen molar-refractivity contribution in [2.45, 2.75) is 6.54 Å². The van der Waals surface area contributed by atoms with E-state index in [-0.39, 0.29) is 0 Å². The van der Waals surface area contributed by atoms with Gasteiger partial charge >= 0.3 is 0 Å². The minimum atomic E-state index is 0.717. The standard InChI is InChI=1S/C15H12BrClN4/c16-14-9-11(1-6-15(14)17)10-18-12-2-4-13(5-3-12)21-19-7-8-20-21/h1-9,18H,10H2. The van der Waals surface area contributed by atoms with Crippen LogP contribution in [0.5, 0.6) is 0 Å². The number of aromatic nitrogens is 3. The van der Waals surface area contributed by atoms with E-state index in [0.717, 1.165) is 33.0 Å². The molecule has 0 fully saturated rings. The highest BCUT2D eigenvalue weighted by Gasteiger charge is 2.01. The van der Waals surface area contributed by atoms with Crippen molar-refractivity contribution < 1.29 is 0 Å². The molecule has 0 saturated heterocycles. The zero-order chi connectivity index (χ0) is 14.7. The predicted octanol–water partition coefficient (Wildman–Crippen LogP) is 4.30. The molecular weight excluding hydrogens is 352 g/mol. The van der Waals surface area contributed by atoms with Gasteiger partial charge in [-0.3, -0.25) is 0 Å². The molecule has 0 radical (unpaired) electrons. The van der Waals surface area contributed by atoms with Gasteiger partial charge in [-0.1, -0.05) is 17.7 Å². The van der Waals surface area contributed by atoms with Crippen LogP contribution in [0.15, 0.2) is 59.3 Å². The fourth-order valence-electron chi connectivity index (χ4n) is 1.92. The lowest BCUT2D eigenvalue weighted by atomic mass is 10.2. The molecular formula is C15H12BrClN4. The highest BCUT2D eigenvalue weighted by Crippen LogP contribution is 2.23. The molecule has 2 aromatic carbocycles. The van der Waals surface area contributed by atoms with E-state index < -0.39 is 0 Å². The molecule has 0 amide bonds. The van der Waals surface area contributed by atoms with Crippen LogP contribution in [0.25, 0.3) is 5.69 Å². The van der Waals surface area contributed by atoms with Crippen LogP contribution in [0.2, 0.25) is 5.02 Å². The summed E-state index contributed by atoms with van der Waals surface area (Å²) in [5.41, 5.74) is 3.13. The smallest absolute Gasteiger partial charge is 0.0858 e. The van der Waals surface area contributed by atoms with Gasteiger partial charge in [0.05, 0.1) is 23.1 Å². The van der Waals surface area contributed by atoms with E-state index in [1.54, 1.807) is 17.2 Å². The van der Waals surface area contributed by atoms with Gasteiger partial charge in [0.15, 0.2) is 0 Å². The van der Waals surface area contributed by atoms with Gasteiger partial charge in [0, 0.05) is 16.7 Å². The first-order valence-electron chi connectivity index (χ1n) is 6.37. The molecule has 6 heteroatoms. The molecule has 0 saturated carbocycles. The molecule has 0 atom stereocenters. The summed E-state index contributed by atoms with van der Waals surface area (Å²) in [5, 5.41) is 12.3. The maximum absolute atomic E-state index is 5.98. The highest BCUT2D eigenvalue weighted by molar-refractivity contribution is 9.10. The number of rotatable bonds is 4. The minimum Gasteiger partial charge on any atom is -0.381 e. The fourth-order valence-corrected chi connectivity index (χ4v) is 2.46. The largest absolute Gasteiger partial charge is 0.381 e. The summed E-state index contributed by atoms with van der Waals surface area (Å²) in [4.78, 5) is 1.58. The maximum Gasteiger partial charge on any atom is 0.0858 e. The number of nitrogens with one attached hydrogen (secondary N) is 1. The normalized spacial score (nSPS) is 10.6. The number of hydrogen-bond donors (Lipinski definition) is 1. The summed E-state index contributed by atoms with van der Waals surface area (Å²) in [6, 6.07) is 13.8. The Kier molecular flexibility index (Phi) is 4.22. The van der Waals surface area contributed by atoms with Crippen molar-refractivity contribution in [1.82, 2.24) is 15.0 Å². The van der Waals surface area contributed by atoms with Crippen LogP contribution in [0.4, 0.5) is 5.69 Å². The van der Waals surface area contributed by atoms with Crippen LogP contribution in [-0.2, 0) is 6.54 Å². The first-order chi connectivity index (χ1) is 10.2. The van der Waals surface area contributed by atoms with Gasteiger partial charge in [-0.15, -0.1) is 0 Å². The summed E-state index contributed by atoms with van der Waals surface area (Å²) in [7, 11) is 0. The summed E-state index contributed by atoms with van der Waals surface area (Å²) in [6.45, 7) is 0.731. The zero-order valence-electron chi connectivity index (χ0n) is 11.0. The van der Waals surface area contributed by atoms with Crippen molar-refractivity contribution in [3.05, 3.63) is 69.9 Å². The predicted molar refractivity (Wildman–Crippen MR) is 87.8 cm³/mol. The quantitative estimate of drug-likeness (QED) is 0.751. The molecule has 106 valence electrons. The van der Waals surface area contributed by atoms with Crippen molar-refractivity contribution in [1.29, 1.82) is 0 Å². The Bertz CT molecular complexity index is 726. The molecule has 0 aliphatic rings. The van der Waals surface area contributed by atoms with E-state index in [2.05, 4.69) is 31.4 Å². The highest BCUT2D eigenvalue weighted by atomic mass is 79.9. The van der Waals surface area contributed by atoms with Gasteiger partial charge in [-0.2, -0.15) is 15.0 Å². The van der Waals surface area contributed by atoms with Gasteiger partial charge in [-0.25, -0.2) is 0 Å². The molecule has 0 aliphatic carbocycles. The number of anilines is 1. The van der Waals surface area contributed by atoms with E-state index in [9.17, 15) is 0 Å². The maximum atomic E-state index is 5.98. The Balaban J connectivity index is 1.66. The van der Waals surface area contributed by atoms with Gasteiger partial charge in [0.1, 0.15) is 0 Å². The lowest BCUT2D eigenvalue weighted by Gasteiger charge is -2.08. The van der Waals surface area contributed by atoms with Crippen molar-refractivity contribution in [3.8, 4) is 5.69 Å². The molecule has 4 nitrogen and oxygen atoms in total. The van der Waals surface area contributed by atoms with Crippen molar-refractivity contribution in [2.75, 3.05) is 5.32 Å². The average Bonchev–Trinajstić information content (AvgIpc) is 3.03. The first kappa shape index (κ1) is 14.1. The second kappa shape index (κ2) is 6.28. The monoisotopic (exact) mass is 362 g/mol. The minimum absolute atomic E-state index is 0.717.